The van der Waals surface area contributed by atoms with Gasteiger partial charge >= 0.3 is 0 Å². The molecule has 3 nitrogen and oxygen atoms in total. The highest BCUT2D eigenvalue weighted by atomic mass is 35.5. The van der Waals surface area contributed by atoms with Gasteiger partial charge in [0.2, 0.25) is 0 Å². The van der Waals surface area contributed by atoms with Crippen molar-refractivity contribution in [2.75, 3.05) is 0 Å². The Kier molecular flexibility index (Phi) is 3.03. The third kappa shape index (κ3) is 2.17. The molecule has 0 unspecified atom stereocenters. The van der Waals surface area contributed by atoms with Gasteiger partial charge in [-0.15, -0.1) is 0 Å². The number of hydrogen-bond acceptors (Lipinski definition) is 3. The van der Waals surface area contributed by atoms with Crippen molar-refractivity contribution < 1.29 is 5.11 Å². The lowest BCUT2D eigenvalue weighted by Crippen LogP contribution is -2.24. The molecule has 0 radical (unpaired) electrons. The molecule has 4 heteroatoms. The molecule has 0 aromatic carbocycles. The summed E-state index contributed by atoms with van der Waals surface area (Å²) in [5.74, 6) is 0. The van der Waals surface area contributed by atoms with Crippen molar-refractivity contribution in [2.45, 2.75) is 19.1 Å². The number of halogens is 1. The lowest BCUT2D eigenvalue weighted by molar-refractivity contribution is 0.162. The largest absolute Gasteiger partial charge is 0.391 e. The topological polar surface area (TPSA) is 59.1 Å². The third-order valence-corrected chi connectivity index (χ3v) is 1.84. The molecule has 2 atom stereocenters. The van der Waals surface area contributed by atoms with Crippen LogP contribution in [0.3, 0.4) is 0 Å². The minimum Gasteiger partial charge on any atom is -0.391 e. The van der Waals surface area contributed by atoms with Crippen LogP contribution in [0.2, 0.25) is 5.02 Å². The zero-order valence-corrected chi connectivity index (χ0v) is 7.49. The van der Waals surface area contributed by atoms with E-state index in [9.17, 15) is 0 Å². The minimum absolute atomic E-state index is 0.469. The van der Waals surface area contributed by atoms with Gasteiger partial charge < -0.3 is 10.8 Å². The van der Waals surface area contributed by atoms with E-state index in [4.69, 9.17) is 22.4 Å². The fourth-order valence-electron chi connectivity index (χ4n) is 0.851. The number of aromatic nitrogens is 1. The number of nitrogens with two attached hydrogens (primary N) is 1. The van der Waals surface area contributed by atoms with Gasteiger partial charge in [0, 0.05) is 11.2 Å². The van der Waals surface area contributed by atoms with E-state index in [0.29, 0.717) is 10.7 Å². The molecular formula is C8H11ClN2O. The van der Waals surface area contributed by atoms with Crippen LogP contribution < -0.4 is 5.73 Å². The second-order valence-corrected chi connectivity index (χ2v) is 3.10. The van der Waals surface area contributed by atoms with E-state index in [1.807, 2.05) is 0 Å². The molecule has 1 rings (SSSR count). The molecule has 12 heavy (non-hydrogen) atoms. The van der Waals surface area contributed by atoms with Gasteiger partial charge in [0.05, 0.1) is 17.8 Å². The zero-order valence-electron chi connectivity index (χ0n) is 6.74. The molecule has 0 spiro atoms. The number of rotatable bonds is 2. The van der Waals surface area contributed by atoms with Crippen molar-refractivity contribution >= 4 is 11.6 Å². The summed E-state index contributed by atoms with van der Waals surface area (Å²) >= 11 is 5.72. The SMILES string of the molecule is C[C@H](O)[C@@H](N)c1cc(Cl)ccn1. The Balaban J connectivity index is 2.88. The third-order valence-electron chi connectivity index (χ3n) is 1.60. The molecule has 0 amide bonds. The van der Waals surface area contributed by atoms with E-state index < -0.39 is 12.1 Å². The van der Waals surface area contributed by atoms with Crippen molar-refractivity contribution in [1.29, 1.82) is 0 Å². The molecule has 1 heterocycles. The number of aliphatic hydroxyl groups excluding tert-OH is 1. The Morgan fingerprint density at radius 2 is 2.33 bits per heavy atom. The molecule has 0 bridgehead atoms. The van der Waals surface area contributed by atoms with Crippen molar-refractivity contribution in [3.05, 3.63) is 29.0 Å². The Morgan fingerprint density at radius 1 is 1.67 bits per heavy atom. The van der Waals surface area contributed by atoms with Crippen LogP contribution in [0, 0.1) is 0 Å². The maximum absolute atomic E-state index is 9.16. The summed E-state index contributed by atoms with van der Waals surface area (Å²) < 4.78 is 0. The van der Waals surface area contributed by atoms with E-state index >= 15 is 0 Å². The predicted octanol–water partition coefficient (Wildman–Crippen LogP) is 1.12. The molecule has 0 aliphatic carbocycles. The van der Waals surface area contributed by atoms with Crippen LogP contribution in [0.4, 0.5) is 0 Å². The molecular weight excluding hydrogens is 176 g/mol. The van der Waals surface area contributed by atoms with Gasteiger partial charge in [-0.25, -0.2) is 0 Å². The highest BCUT2D eigenvalue weighted by Crippen LogP contribution is 2.15. The fourth-order valence-corrected chi connectivity index (χ4v) is 1.02. The summed E-state index contributed by atoms with van der Waals surface area (Å²) in [6.45, 7) is 1.62. The summed E-state index contributed by atoms with van der Waals surface area (Å²) in [6.07, 6.45) is 0.955. The summed E-state index contributed by atoms with van der Waals surface area (Å²) in [4.78, 5) is 3.99. The summed E-state index contributed by atoms with van der Waals surface area (Å²) in [6, 6.07) is 2.85. The van der Waals surface area contributed by atoms with Crippen molar-refractivity contribution in [2.24, 2.45) is 5.73 Å². The standard InChI is InChI=1S/C8H11ClN2O/c1-5(12)8(10)7-4-6(9)2-3-11-7/h2-5,8,12H,10H2,1H3/t5-,8+/m0/s1. The summed E-state index contributed by atoms with van der Waals surface area (Å²) in [7, 11) is 0. The smallest absolute Gasteiger partial charge is 0.0731 e. The van der Waals surface area contributed by atoms with Gasteiger partial charge in [0.25, 0.3) is 0 Å². The Labute approximate surface area is 76.2 Å². The molecule has 66 valence electrons. The van der Waals surface area contributed by atoms with Crippen molar-refractivity contribution in [1.82, 2.24) is 4.98 Å². The van der Waals surface area contributed by atoms with Crippen LogP contribution in [-0.2, 0) is 0 Å². The van der Waals surface area contributed by atoms with Gasteiger partial charge in [-0.05, 0) is 19.1 Å². The van der Waals surface area contributed by atoms with Gasteiger partial charge in [0.1, 0.15) is 0 Å². The molecule has 0 saturated heterocycles. The quantitative estimate of drug-likeness (QED) is 0.728. The summed E-state index contributed by atoms with van der Waals surface area (Å²) in [5.41, 5.74) is 6.24. The second kappa shape index (κ2) is 3.85. The second-order valence-electron chi connectivity index (χ2n) is 2.67. The van der Waals surface area contributed by atoms with E-state index in [2.05, 4.69) is 4.98 Å². The van der Waals surface area contributed by atoms with E-state index in [0.717, 1.165) is 0 Å². The average molecular weight is 187 g/mol. The average Bonchev–Trinajstić information content (AvgIpc) is 2.03. The van der Waals surface area contributed by atoms with Crippen LogP contribution in [0.25, 0.3) is 0 Å². The van der Waals surface area contributed by atoms with Crippen LogP contribution in [0.1, 0.15) is 18.7 Å². The van der Waals surface area contributed by atoms with Gasteiger partial charge in [-0.1, -0.05) is 11.6 Å². The number of hydrogen-bond donors (Lipinski definition) is 2. The van der Waals surface area contributed by atoms with E-state index in [1.54, 1.807) is 25.3 Å². The molecule has 0 aliphatic rings. The highest BCUT2D eigenvalue weighted by molar-refractivity contribution is 6.30. The molecule has 1 aromatic rings. The fraction of sp³-hybridized carbons (Fsp3) is 0.375. The molecule has 3 N–H and O–H groups in total. The van der Waals surface area contributed by atoms with Crippen LogP contribution >= 0.6 is 11.6 Å². The van der Waals surface area contributed by atoms with E-state index in [1.165, 1.54) is 0 Å². The normalized spacial score (nSPS) is 15.7. The first kappa shape index (κ1) is 9.45. The van der Waals surface area contributed by atoms with Crippen LogP contribution in [-0.4, -0.2) is 16.2 Å². The van der Waals surface area contributed by atoms with Crippen LogP contribution in [0.15, 0.2) is 18.3 Å². The Morgan fingerprint density at radius 3 is 2.83 bits per heavy atom. The lowest BCUT2D eigenvalue weighted by Gasteiger charge is -2.13. The highest BCUT2D eigenvalue weighted by Gasteiger charge is 2.12. The van der Waals surface area contributed by atoms with Gasteiger partial charge in [-0.2, -0.15) is 0 Å². The predicted molar refractivity (Wildman–Crippen MR) is 47.9 cm³/mol. The van der Waals surface area contributed by atoms with Gasteiger partial charge in [0.15, 0.2) is 0 Å². The first-order valence-electron chi connectivity index (χ1n) is 3.66. The first-order valence-corrected chi connectivity index (χ1v) is 4.04. The number of pyridine rings is 1. The Hall–Kier alpha value is -0.640. The Bertz CT molecular complexity index is 265. The zero-order chi connectivity index (χ0) is 9.14. The first-order chi connectivity index (χ1) is 5.61. The molecule has 0 saturated carbocycles. The number of aliphatic hydroxyl groups is 1. The van der Waals surface area contributed by atoms with E-state index in [-0.39, 0.29) is 0 Å². The summed E-state index contributed by atoms with van der Waals surface area (Å²) in [5, 5.41) is 9.74. The lowest BCUT2D eigenvalue weighted by atomic mass is 10.1. The van der Waals surface area contributed by atoms with Crippen molar-refractivity contribution in [3.8, 4) is 0 Å². The molecule has 1 aromatic heterocycles. The molecule has 0 aliphatic heterocycles. The monoisotopic (exact) mass is 186 g/mol. The van der Waals surface area contributed by atoms with Crippen molar-refractivity contribution in [3.63, 3.8) is 0 Å². The van der Waals surface area contributed by atoms with Gasteiger partial charge in [-0.3, -0.25) is 4.98 Å². The maximum atomic E-state index is 9.16. The molecule has 0 fully saturated rings. The van der Waals surface area contributed by atoms with Crippen LogP contribution in [0.5, 0.6) is 0 Å². The number of nitrogens with zero attached hydrogens (tertiary/aromatic N) is 1. The maximum Gasteiger partial charge on any atom is 0.0731 e. The minimum atomic E-state index is -0.615.